The lowest BCUT2D eigenvalue weighted by molar-refractivity contribution is 0.0678. The highest BCUT2D eigenvalue weighted by Gasteiger charge is 2.27. The Hall–Kier alpha value is -7.72. The molecule has 0 spiro atoms. The normalized spacial score (nSPS) is 13.0. The molecule has 4 atom stereocenters. The van der Waals surface area contributed by atoms with Gasteiger partial charge in [0.05, 0.1) is 22.7 Å². The number of nitrogens with zero attached hydrogens (tertiary/aromatic N) is 10. The molecule has 0 fully saturated rings. The summed E-state index contributed by atoms with van der Waals surface area (Å²) in [6.45, 7) is 23.0. The molecule has 16 nitrogen and oxygen atoms in total. The summed E-state index contributed by atoms with van der Waals surface area (Å²) >= 11 is 0. The van der Waals surface area contributed by atoms with Crippen molar-refractivity contribution in [3.05, 3.63) is 127 Å². The molecule has 0 aliphatic rings. The monoisotopic (exact) mass is 1120 g/mol. The number of aromatic hydroxyl groups is 2. The summed E-state index contributed by atoms with van der Waals surface area (Å²) in [5, 5.41) is 61.7. The average molecular weight is 1120 g/mol. The highest BCUT2D eigenvalue weighted by atomic mass is 16.3. The van der Waals surface area contributed by atoms with Crippen LogP contribution in [0.1, 0.15) is 201 Å². The maximum absolute atomic E-state index is 14.4. The minimum absolute atomic E-state index is 0.0749. The van der Waals surface area contributed by atoms with Crippen LogP contribution in [0.5, 0.6) is 11.8 Å². The van der Waals surface area contributed by atoms with Gasteiger partial charge in [0, 0.05) is 48.4 Å². The minimum atomic E-state index is -0.844. The van der Waals surface area contributed by atoms with Gasteiger partial charge >= 0.3 is 0 Å². The fourth-order valence-electron chi connectivity index (χ4n) is 10.6. The highest BCUT2D eigenvalue weighted by Crippen LogP contribution is 2.37. The van der Waals surface area contributed by atoms with Crippen molar-refractivity contribution >= 4 is 34.6 Å². The Labute approximate surface area is 486 Å². The second kappa shape index (κ2) is 32.7. The third kappa shape index (κ3) is 16.7. The number of aromatic nitrogens is 2. The third-order valence-corrected chi connectivity index (χ3v) is 16.1. The highest BCUT2D eigenvalue weighted by molar-refractivity contribution is 5.95. The standard InChI is InChI=1S/C66H88N10O6/c1-11-19-25-47(15-5)41-73(42-48(16-6)26-20-12-2)61(77)51-29-23-31-53(37-51)69-71-59-45(9)57(39-67)63(79)75(65(59)81)55-33-35-56(36-34-55)76-64(80)58(40-68)46(10)60(66(76)82)72-70-54-32-24-30-52(38-54)62(78)74(43-49(17-7)27-21-13-3)44-50(18-8)28-22-14-4/h23-24,29-38,47-50,81-82H,11-22,25-28,41-44H2,1-10H3/b71-69+,72-70+. The molecular weight excluding hydrogens is 1030 g/mol. The largest absolute Gasteiger partial charge is 0.493 e. The number of azo groups is 2. The van der Waals surface area contributed by atoms with Crippen LogP contribution >= 0.6 is 0 Å². The Morgan fingerprint density at radius 1 is 0.500 bits per heavy atom. The van der Waals surface area contributed by atoms with E-state index in [-0.39, 0.29) is 56.8 Å². The number of carbonyl (C=O) groups excluding carboxylic acids is 2. The van der Waals surface area contributed by atoms with Gasteiger partial charge in [0.15, 0.2) is 11.4 Å². The molecule has 5 aromatic rings. The van der Waals surface area contributed by atoms with Crippen molar-refractivity contribution in [1.29, 1.82) is 10.5 Å². The molecule has 0 bridgehead atoms. The fourth-order valence-corrected chi connectivity index (χ4v) is 10.6. The molecule has 2 N–H and O–H groups in total. The molecule has 0 aliphatic carbocycles. The van der Waals surface area contributed by atoms with Gasteiger partial charge in [-0.25, -0.2) is 9.13 Å². The number of pyridine rings is 2. The quantitative estimate of drug-likeness (QED) is 0.0393. The first-order valence-electron chi connectivity index (χ1n) is 30.1. The lowest BCUT2D eigenvalue weighted by Crippen LogP contribution is -2.39. The number of nitriles is 2. The summed E-state index contributed by atoms with van der Waals surface area (Å²) in [5.74, 6) is 0.0588. The molecule has 0 saturated heterocycles. The SMILES string of the molecule is CCCCC(CC)CN(CC(CC)CCCC)C(=O)c1cccc(/N=N/c2c(C)c(C#N)c(=O)n(-c3ccc(-n4c(O)c(/N=N/c5cccc(C(=O)N(CC(CC)CCCC)CC(CC)CCCC)c5)c(C)c(C#N)c4=O)cc3)c2O)c1. The molecule has 3 aromatic carbocycles. The van der Waals surface area contributed by atoms with Gasteiger partial charge in [0.25, 0.3) is 22.9 Å². The number of amides is 2. The van der Waals surface area contributed by atoms with Crippen LogP contribution in [0.15, 0.2) is 103 Å². The first-order valence-corrected chi connectivity index (χ1v) is 30.1. The van der Waals surface area contributed by atoms with E-state index in [1.807, 2.05) is 21.9 Å². The lowest BCUT2D eigenvalue weighted by Gasteiger charge is -2.31. The molecule has 438 valence electrons. The van der Waals surface area contributed by atoms with Crippen LogP contribution in [0.3, 0.4) is 0 Å². The molecule has 2 heterocycles. The summed E-state index contributed by atoms with van der Waals surface area (Å²) in [4.78, 5) is 60.6. The van der Waals surface area contributed by atoms with Gasteiger partial charge in [0.2, 0.25) is 11.8 Å². The van der Waals surface area contributed by atoms with E-state index < -0.39 is 22.9 Å². The summed E-state index contributed by atoms with van der Waals surface area (Å²) in [7, 11) is 0. The zero-order valence-electron chi connectivity index (χ0n) is 50.4. The molecule has 16 heteroatoms. The van der Waals surface area contributed by atoms with Crippen LogP contribution < -0.4 is 11.1 Å². The van der Waals surface area contributed by atoms with Crippen molar-refractivity contribution in [2.45, 2.75) is 172 Å². The molecule has 4 unspecified atom stereocenters. The van der Waals surface area contributed by atoms with Crippen LogP contribution in [0.4, 0.5) is 22.7 Å². The van der Waals surface area contributed by atoms with Gasteiger partial charge in [-0.15, -0.1) is 10.2 Å². The van der Waals surface area contributed by atoms with Gasteiger partial charge in [-0.1, -0.05) is 145 Å². The van der Waals surface area contributed by atoms with E-state index >= 15 is 0 Å². The van der Waals surface area contributed by atoms with E-state index in [0.29, 0.717) is 72.4 Å². The van der Waals surface area contributed by atoms with E-state index in [0.717, 1.165) is 112 Å². The predicted molar refractivity (Wildman–Crippen MR) is 326 cm³/mol. The zero-order valence-corrected chi connectivity index (χ0v) is 50.4. The number of hydrogen-bond donors (Lipinski definition) is 2. The molecule has 2 aromatic heterocycles. The number of hydrogen-bond acceptors (Lipinski definition) is 12. The Balaban J connectivity index is 1.49. The van der Waals surface area contributed by atoms with Crippen molar-refractivity contribution < 1.29 is 19.8 Å². The van der Waals surface area contributed by atoms with Crippen molar-refractivity contribution in [2.75, 3.05) is 26.2 Å². The zero-order chi connectivity index (χ0) is 59.9. The van der Waals surface area contributed by atoms with Gasteiger partial charge in [-0.05, 0) is 124 Å². The summed E-state index contributed by atoms with van der Waals surface area (Å²) in [5.41, 5.74) is -0.742. The smallest absolute Gasteiger partial charge is 0.276 e. The molecular formula is C66H88N10O6. The van der Waals surface area contributed by atoms with Crippen molar-refractivity contribution in [2.24, 2.45) is 44.1 Å². The Morgan fingerprint density at radius 2 is 0.805 bits per heavy atom. The van der Waals surface area contributed by atoms with E-state index in [2.05, 4.69) is 75.8 Å². The predicted octanol–water partition coefficient (Wildman–Crippen LogP) is 16.3. The topological polar surface area (TPSA) is 222 Å². The van der Waals surface area contributed by atoms with Crippen LogP contribution in [0.2, 0.25) is 0 Å². The first kappa shape index (κ1) is 65.1. The van der Waals surface area contributed by atoms with Crippen LogP contribution in [-0.2, 0) is 0 Å². The molecule has 2 amide bonds. The number of rotatable bonds is 32. The molecule has 0 radical (unpaired) electrons. The molecule has 0 aliphatic heterocycles. The second-order valence-corrected chi connectivity index (χ2v) is 22.0. The summed E-state index contributed by atoms with van der Waals surface area (Å²) < 4.78 is 1.79. The first-order chi connectivity index (χ1) is 39.6. The van der Waals surface area contributed by atoms with E-state index in [4.69, 9.17) is 0 Å². The van der Waals surface area contributed by atoms with Crippen LogP contribution in [-0.4, -0.2) is 67.1 Å². The van der Waals surface area contributed by atoms with Gasteiger partial charge < -0.3 is 20.0 Å². The van der Waals surface area contributed by atoms with E-state index in [1.165, 1.54) is 38.1 Å². The van der Waals surface area contributed by atoms with E-state index in [1.54, 1.807) is 48.5 Å². The summed E-state index contributed by atoms with van der Waals surface area (Å²) in [6, 6.07) is 23.1. The fraction of sp³-hybridized carbons (Fsp3) is 0.515. The number of benzene rings is 3. The maximum atomic E-state index is 14.4. The average Bonchev–Trinajstić information content (AvgIpc) is 3.51. The van der Waals surface area contributed by atoms with E-state index in [9.17, 15) is 39.9 Å². The number of carbonyl (C=O) groups is 2. The van der Waals surface area contributed by atoms with Crippen molar-refractivity contribution in [1.82, 2.24) is 18.9 Å². The Kier molecular flexibility index (Phi) is 25.9. The lowest BCUT2D eigenvalue weighted by atomic mass is 9.95. The molecule has 82 heavy (non-hydrogen) atoms. The van der Waals surface area contributed by atoms with Crippen molar-refractivity contribution in [3.8, 4) is 35.3 Å². The van der Waals surface area contributed by atoms with Gasteiger partial charge in [0.1, 0.15) is 23.3 Å². The molecule has 0 saturated carbocycles. The molecule has 5 rings (SSSR count). The summed E-state index contributed by atoms with van der Waals surface area (Å²) in [6.07, 6.45) is 16.8. The van der Waals surface area contributed by atoms with Crippen LogP contribution in [0.25, 0.3) is 11.4 Å². The van der Waals surface area contributed by atoms with Crippen molar-refractivity contribution in [3.63, 3.8) is 0 Å². The second-order valence-electron chi connectivity index (χ2n) is 22.0. The maximum Gasteiger partial charge on any atom is 0.276 e. The third-order valence-electron chi connectivity index (χ3n) is 16.1. The van der Waals surface area contributed by atoms with Gasteiger partial charge in [-0.3, -0.25) is 19.2 Å². The number of unbranched alkanes of at least 4 members (excludes halogenated alkanes) is 4. The minimum Gasteiger partial charge on any atom is -0.493 e. The Bertz CT molecular complexity index is 2950. The van der Waals surface area contributed by atoms with Gasteiger partial charge in [-0.2, -0.15) is 20.8 Å². The van der Waals surface area contributed by atoms with Crippen LogP contribution in [0, 0.1) is 60.2 Å². The Morgan fingerprint density at radius 3 is 1.07 bits per heavy atom.